The number of nitrogens with zero attached hydrogens (tertiary/aromatic N) is 3. The van der Waals surface area contributed by atoms with E-state index >= 15 is 0 Å². The highest BCUT2D eigenvalue weighted by Gasteiger charge is 2.23. The Hall–Kier alpha value is -1.93. The molecular formula is C17H27N3O4S. The zero-order chi connectivity index (χ0) is 19.2. The van der Waals surface area contributed by atoms with Crippen molar-refractivity contribution in [3.63, 3.8) is 0 Å². The van der Waals surface area contributed by atoms with Crippen molar-refractivity contribution in [1.29, 1.82) is 0 Å². The minimum atomic E-state index is -3.69. The lowest BCUT2D eigenvalue weighted by atomic mass is 10.3. The van der Waals surface area contributed by atoms with E-state index in [-0.39, 0.29) is 17.3 Å². The summed E-state index contributed by atoms with van der Waals surface area (Å²) >= 11 is 0. The average Bonchev–Trinajstić information content (AvgIpc) is 2.55. The Bertz CT molecular complexity index is 779. The van der Waals surface area contributed by atoms with Gasteiger partial charge in [-0.1, -0.05) is 26.0 Å². The third-order valence-electron chi connectivity index (χ3n) is 3.80. The highest BCUT2D eigenvalue weighted by molar-refractivity contribution is 7.89. The molecule has 0 atom stereocenters. The Morgan fingerprint density at radius 2 is 1.76 bits per heavy atom. The molecule has 0 bridgehead atoms. The summed E-state index contributed by atoms with van der Waals surface area (Å²) in [6.07, 6.45) is 1.24. The second kappa shape index (κ2) is 8.96. The molecule has 8 heteroatoms. The fourth-order valence-electron chi connectivity index (χ4n) is 2.45. The highest BCUT2D eigenvalue weighted by atomic mass is 32.2. The van der Waals surface area contributed by atoms with Gasteiger partial charge in [-0.15, -0.1) is 0 Å². The van der Waals surface area contributed by atoms with Crippen molar-refractivity contribution in [2.75, 3.05) is 26.2 Å². The van der Waals surface area contributed by atoms with Crippen molar-refractivity contribution in [3.8, 4) is 0 Å². The van der Waals surface area contributed by atoms with Crippen molar-refractivity contribution >= 4 is 15.9 Å². The summed E-state index contributed by atoms with van der Waals surface area (Å²) in [6.45, 7) is 12.3. The fraction of sp³-hybridized carbons (Fsp3) is 0.529. The highest BCUT2D eigenvalue weighted by Crippen LogP contribution is 2.13. The molecule has 1 rings (SSSR count). The van der Waals surface area contributed by atoms with Gasteiger partial charge in [-0.3, -0.25) is 9.59 Å². The second-order valence-corrected chi connectivity index (χ2v) is 7.72. The number of pyridine rings is 1. The number of carbonyl (C=O) groups is 1. The van der Waals surface area contributed by atoms with Gasteiger partial charge >= 0.3 is 0 Å². The van der Waals surface area contributed by atoms with E-state index in [0.29, 0.717) is 26.2 Å². The lowest BCUT2D eigenvalue weighted by Gasteiger charge is -2.22. The first-order valence-corrected chi connectivity index (χ1v) is 9.74. The van der Waals surface area contributed by atoms with Crippen LogP contribution in [0.1, 0.15) is 27.7 Å². The van der Waals surface area contributed by atoms with E-state index in [0.717, 1.165) is 10.1 Å². The first-order valence-electron chi connectivity index (χ1n) is 8.30. The van der Waals surface area contributed by atoms with Gasteiger partial charge < -0.3 is 9.47 Å². The lowest BCUT2D eigenvalue weighted by molar-refractivity contribution is -0.131. The number of hydrogen-bond donors (Lipinski definition) is 0. The summed E-state index contributed by atoms with van der Waals surface area (Å²) in [5.74, 6) is -0.259. The predicted octanol–water partition coefficient (Wildman–Crippen LogP) is 1.30. The minimum absolute atomic E-state index is 0.00606. The average molecular weight is 369 g/mol. The number of sulfonamides is 1. The molecule has 0 N–H and O–H groups in total. The first-order chi connectivity index (χ1) is 11.7. The van der Waals surface area contributed by atoms with Gasteiger partial charge in [0.2, 0.25) is 15.9 Å². The summed E-state index contributed by atoms with van der Waals surface area (Å²) in [4.78, 5) is 26.0. The Balaban J connectivity index is 3.16. The molecule has 0 saturated heterocycles. The first kappa shape index (κ1) is 21.1. The molecule has 0 spiro atoms. The van der Waals surface area contributed by atoms with Crippen LogP contribution in [0.5, 0.6) is 0 Å². The molecule has 7 nitrogen and oxygen atoms in total. The summed E-state index contributed by atoms with van der Waals surface area (Å²) in [5.41, 5.74) is 0.415. The maximum Gasteiger partial charge on any atom is 0.251 e. The van der Waals surface area contributed by atoms with E-state index in [1.54, 1.807) is 18.7 Å². The maximum absolute atomic E-state index is 12.6. The molecular weight excluding hydrogens is 342 g/mol. The van der Waals surface area contributed by atoms with E-state index in [4.69, 9.17) is 0 Å². The van der Waals surface area contributed by atoms with Crippen LogP contribution in [0.25, 0.3) is 0 Å². The van der Waals surface area contributed by atoms with Crippen LogP contribution in [-0.2, 0) is 21.4 Å². The van der Waals surface area contributed by atoms with Crippen molar-refractivity contribution < 1.29 is 13.2 Å². The van der Waals surface area contributed by atoms with Crippen molar-refractivity contribution in [2.24, 2.45) is 0 Å². The molecule has 0 saturated carbocycles. The molecule has 0 aliphatic carbocycles. The van der Waals surface area contributed by atoms with Crippen molar-refractivity contribution in [2.45, 2.75) is 39.1 Å². The third-order valence-corrected chi connectivity index (χ3v) is 5.83. The molecule has 0 radical (unpaired) electrons. The topological polar surface area (TPSA) is 79.7 Å². The van der Waals surface area contributed by atoms with E-state index < -0.39 is 15.6 Å². The van der Waals surface area contributed by atoms with Gasteiger partial charge in [0.25, 0.3) is 5.56 Å². The van der Waals surface area contributed by atoms with E-state index in [1.165, 1.54) is 22.6 Å². The molecule has 0 unspecified atom stereocenters. The molecule has 1 amide bonds. The van der Waals surface area contributed by atoms with Gasteiger partial charge in [0.1, 0.15) is 6.54 Å². The minimum Gasteiger partial charge on any atom is -0.337 e. The summed E-state index contributed by atoms with van der Waals surface area (Å²) in [5, 5.41) is 0. The number of amides is 1. The molecule has 25 heavy (non-hydrogen) atoms. The third kappa shape index (κ3) is 5.27. The fourth-order valence-corrected chi connectivity index (χ4v) is 3.92. The number of aromatic nitrogens is 1. The van der Waals surface area contributed by atoms with Crippen LogP contribution < -0.4 is 5.56 Å². The van der Waals surface area contributed by atoms with Crippen LogP contribution in [0, 0.1) is 0 Å². The summed E-state index contributed by atoms with van der Waals surface area (Å²) < 4.78 is 27.6. The Morgan fingerprint density at radius 1 is 1.16 bits per heavy atom. The molecule has 0 aromatic carbocycles. The summed E-state index contributed by atoms with van der Waals surface area (Å²) in [6, 6.07) is 2.46. The smallest absolute Gasteiger partial charge is 0.251 e. The van der Waals surface area contributed by atoms with Gasteiger partial charge in [0.15, 0.2) is 0 Å². The summed E-state index contributed by atoms with van der Waals surface area (Å²) in [7, 11) is -3.69. The zero-order valence-corrected chi connectivity index (χ0v) is 16.2. The molecule has 140 valence electrons. The number of hydrogen-bond acceptors (Lipinski definition) is 4. The molecule has 1 aromatic rings. The lowest BCUT2D eigenvalue weighted by Crippen LogP contribution is -2.37. The quantitative estimate of drug-likeness (QED) is 0.615. The van der Waals surface area contributed by atoms with Gasteiger partial charge in [-0.2, -0.15) is 4.31 Å². The normalized spacial score (nSPS) is 11.6. The van der Waals surface area contributed by atoms with E-state index in [9.17, 15) is 18.0 Å². The molecule has 0 fully saturated rings. The van der Waals surface area contributed by atoms with Crippen LogP contribution >= 0.6 is 0 Å². The largest absolute Gasteiger partial charge is 0.337 e. The number of carbonyl (C=O) groups excluding carboxylic acids is 1. The molecule has 1 heterocycles. The van der Waals surface area contributed by atoms with Crippen LogP contribution in [0.4, 0.5) is 0 Å². The van der Waals surface area contributed by atoms with E-state index in [1.807, 2.05) is 13.8 Å². The van der Waals surface area contributed by atoms with Crippen LogP contribution in [-0.4, -0.2) is 54.3 Å². The number of rotatable bonds is 9. The second-order valence-electron chi connectivity index (χ2n) is 5.79. The van der Waals surface area contributed by atoms with Crippen molar-refractivity contribution in [3.05, 3.63) is 40.8 Å². The van der Waals surface area contributed by atoms with Crippen LogP contribution in [0.3, 0.4) is 0 Å². The van der Waals surface area contributed by atoms with Crippen LogP contribution in [0.15, 0.2) is 40.2 Å². The zero-order valence-electron chi connectivity index (χ0n) is 15.4. The monoisotopic (exact) mass is 369 g/mol. The molecule has 1 aromatic heterocycles. The Kier molecular flexibility index (Phi) is 7.57. The van der Waals surface area contributed by atoms with Gasteiger partial charge in [-0.05, 0) is 19.9 Å². The van der Waals surface area contributed by atoms with Crippen LogP contribution in [0.2, 0.25) is 0 Å². The van der Waals surface area contributed by atoms with Crippen molar-refractivity contribution in [1.82, 2.24) is 13.8 Å². The predicted molar refractivity (Wildman–Crippen MR) is 97.9 cm³/mol. The standard InChI is InChI=1S/C17H27N3O4S/c1-6-18(11-14(4)5)17(22)13-19-12-15(9-10-16(19)21)25(23,24)20(7-2)8-3/h9-10,12H,4,6-8,11,13H2,1-3,5H3. The van der Waals surface area contributed by atoms with Gasteiger partial charge in [0.05, 0.1) is 4.90 Å². The number of likely N-dealkylation sites (N-methyl/N-ethyl adjacent to an activating group) is 1. The maximum atomic E-state index is 12.6. The Morgan fingerprint density at radius 3 is 2.24 bits per heavy atom. The molecule has 0 aliphatic heterocycles. The Labute approximate surface area is 149 Å². The SMILES string of the molecule is C=C(C)CN(CC)C(=O)Cn1cc(S(=O)(=O)N(CC)CC)ccc1=O. The van der Waals surface area contributed by atoms with E-state index in [2.05, 4.69) is 6.58 Å². The van der Waals surface area contributed by atoms with Gasteiger partial charge in [0, 0.05) is 38.4 Å². The molecule has 0 aliphatic rings. The van der Waals surface area contributed by atoms with Gasteiger partial charge in [-0.25, -0.2) is 8.42 Å².